The summed E-state index contributed by atoms with van der Waals surface area (Å²) in [6.45, 7) is 5.99. The van der Waals surface area contributed by atoms with Gasteiger partial charge in [-0.1, -0.05) is 19.1 Å². The van der Waals surface area contributed by atoms with E-state index < -0.39 is 5.79 Å². The number of rotatable bonds is 0. The van der Waals surface area contributed by atoms with Gasteiger partial charge in [-0.3, -0.25) is 4.79 Å². The molecule has 4 nitrogen and oxygen atoms in total. The molecular formula is C16H24O4. The third-order valence-electron chi connectivity index (χ3n) is 4.45. The van der Waals surface area contributed by atoms with Gasteiger partial charge in [0, 0.05) is 18.8 Å². The Labute approximate surface area is 120 Å². The smallest absolute Gasteiger partial charge is 0.188 e. The van der Waals surface area contributed by atoms with E-state index in [1.807, 2.05) is 13.8 Å². The molecule has 3 rings (SSSR count). The number of ether oxygens (including phenoxy) is 3. The van der Waals surface area contributed by atoms with E-state index in [9.17, 15) is 4.79 Å². The molecule has 0 radical (unpaired) electrons. The van der Waals surface area contributed by atoms with E-state index in [1.165, 1.54) is 0 Å². The predicted octanol–water partition coefficient (Wildman–Crippen LogP) is 2.81. The monoisotopic (exact) mass is 280 g/mol. The number of hydrogen-bond acceptors (Lipinski definition) is 4. The summed E-state index contributed by atoms with van der Waals surface area (Å²) in [6, 6.07) is 0. The molecule has 0 amide bonds. The maximum absolute atomic E-state index is 11.8. The van der Waals surface area contributed by atoms with Gasteiger partial charge in [-0.25, -0.2) is 0 Å². The zero-order valence-electron chi connectivity index (χ0n) is 12.5. The summed E-state index contributed by atoms with van der Waals surface area (Å²) in [5, 5.41) is 0. The van der Waals surface area contributed by atoms with Crippen LogP contribution < -0.4 is 0 Å². The lowest BCUT2D eigenvalue weighted by Gasteiger charge is -2.24. The Morgan fingerprint density at radius 1 is 1.15 bits per heavy atom. The van der Waals surface area contributed by atoms with Gasteiger partial charge in [0.2, 0.25) is 0 Å². The maximum atomic E-state index is 11.8. The van der Waals surface area contributed by atoms with Crippen LogP contribution in [-0.4, -0.2) is 30.1 Å². The molecule has 2 saturated heterocycles. The van der Waals surface area contributed by atoms with Gasteiger partial charge in [0.1, 0.15) is 11.9 Å². The quantitative estimate of drug-likeness (QED) is 0.640. The van der Waals surface area contributed by atoms with Crippen LogP contribution in [0.5, 0.6) is 0 Å². The zero-order chi connectivity index (χ0) is 14.3. The van der Waals surface area contributed by atoms with Crippen LogP contribution in [0.3, 0.4) is 0 Å². The molecule has 3 aliphatic rings. The Kier molecular flexibility index (Phi) is 3.73. The summed E-state index contributed by atoms with van der Waals surface area (Å²) < 4.78 is 17.8. The van der Waals surface area contributed by atoms with Gasteiger partial charge in [0.05, 0.1) is 6.10 Å². The fourth-order valence-electron chi connectivity index (χ4n) is 3.32. The lowest BCUT2D eigenvalue weighted by Crippen LogP contribution is -2.29. The van der Waals surface area contributed by atoms with E-state index in [0.29, 0.717) is 24.5 Å². The molecule has 0 aromatic heterocycles. The summed E-state index contributed by atoms with van der Waals surface area (Å²) in [6.07, 6.45) is 7.10. The second-order valence-electron chi connectivity index (χ2n) is 6.70. The molecule has 0 N–H and O–H groups in total. The van der Waals surface area contributed by atoms with E-state index >= 15 is 0 Å². The number of hydrogen-bond donors (Lipinski definition) is 0. The molecular weight excluding hydrogens is 256 g/mol. The Bertz CT molecular complexity index is 415. The summed E-state index contributed by atoms with van der Waals surface area (Å²) in [5.41, 5.74) is 0. The predicted molar refractivity (Wildman–Crippen MR) is 74.0 cm³/mol. The van der Waals surface area contributed by atoms with Gasteiger partial charge in [-0.05, 0) is 32.6 Å². The van der Waals surface area contributed by atoms with Crippen LogP contribution in [0.25, 0.3) is 0 Å². The molecule has 0 bridgehead atoms. The van der Waals surface area contributed by atoms with E-state index in [2.05, 4.69) is 19.1 Å². The van der Waals surface area contributed by atoms with Crippen LogP contribution in [0.15, 0.2) is 12.2 Å². The Balaban J connectivity index is 1.79. The summed E-state index contributed by atoms with van der Waals surface area (Å²) >= 11 is 0. The molecule has 0 saturated carbocycles. The van der Waals surface area contributed by atoms with E-state index in [-0.39, 0.29) is 24.4 Å². The van der Waals surface area contributed by atoms with E-state index in [4.69, 9.17) is 14.2 Å². The third-order valence-corrected chi connectivity index (χ3v) is 4.45. The fraction of sp³-hybridized carbons (Fsp3) is 0.812. The standard InChI is InChI=1S/C16H24O4/c1-10-4-6-11(17)7-9-13-12(8-5-10)14-15(18-13)20-16(2,3)19-14/h5,8,10,12-15H,4,6-7,9H2,1-3H3/b8-5+/t10?,12-,13-,14-,15-/m1/s1. The largest absolute Gasteiger partial charge is 0.346 e. The highest BCUT2D eigenvalue weighted by Crippen LogP contribution is 2.43. The zero-order valence-corrected chi connectivity index (χ0v) is 12.5. The minimum Gasteiger partial charge on any atom is -0.346 e. The number of ketones is 1. The maximum Gasteiger partial charge on any atom is 0.188 e. The highest BCUT2D eigenvalue weighted by atomic mass is 16.8. The van der Waals surface area contributed by atoms with Crippen molar-refractivity contribution in [3.8, 4) is 0 Å². The minimum absolute atomic E-state index is 0.0339. The van der Waals surface area contributed by atoms with Crippen molar-refractivity contribution in [2.24, 2.45) is 11.8 Å². The van der Waals surface area contributed by atoms with Crippen molar-refractivity contribution in [3.63, 3.8) is 0 Å². The number of fused-ring (bicyclic) bond motifs is 3. The van der Waals surface area contributed by atoms with Crippen LogP contribution in [0.2, 0.25) is 0 Å². The topological polar surface area (TPSA) is 44.8 Å². The number of carbonyl (C=O) groups is 1. The normalized spacial score (nSPS) is 45.8. The van der Waals surface area contributed by atoms with Crippen molar-refractivity contribution >= 4 is 5.78 Å². The molecule has 5 atom stereocenters. The second kappa shape index (κ2) is 5.24. The molecule has 1 unspecified atom stereocenters. The first-order valence-corrected chi connectivity index (χ1v) is 7.66. The summed E-state index contributed by atoms with van der Waals surface area (Å²) in [5.74, 6) is 0.376. The van der Waals surface area contributed by atoms with Crippen molar-refractivity contribution < 1.29 is 19.0 Å². The first-order chi connectivity index (χ1) is 9.44. The highest BCUT2D eigenvalue weighted by Gasteiger charge is 2.53. The first kappa shape index (κ1) is 14.2. The molecule has 2 aliphatic heterocycles. The van der Waals surface area contributed by atoms with Crippen LogP contribution in [0.1, 0.15) is 46.5 Å². The van der Waals surface area contributed by atoms with Gasteiger partial charge in [0.25, 0.3) is 0 Å². The van der Waals surface area contributed by atoms with Gasteiger partial charge < -0.3 is 14.2 Å². The molecule has 20 heavy (non-hydrogen) atoms. The van der Waals surface area contributed by atoms with Crippen molar-refractivity contribution in [1.82, 2.24) is 0 Å². The molecule has 2 heterocycles. The van der Waals surface area contributed by atoms with Crippen molar-refractivity contribution in [1.29, 1.82) is 0 Å². The Morgan fingerprint density at radius 3 is 2.70 bits per heavy atom. The third kappa shape index (κ3) is 2.83. The highest BCUT2D eigenvalue weighted by molar-refractivity contribution is 5.78. The van der Waals surface area contributed by atoms with Crippen LogP contribution in [0.4, 0.5) is 0 Å². The fourth-order valence-corrected chi connectivity index (χ4v) is 3.32. The second-order valence-corrected chi connectivity index (χ2v) is 6.70. The van der Waals surface area contributed by atoms with Crippen LogP contribution in [0, 0.1) is 11.8 Å². The Morgan fingerprint density at radius 2 is 1.90 bits per heavy atom. The minimum atomic E-state index is -0.578. The average molecular weight is 280 g/mol. The van der Waals surface area contributed by atoms with E-state index in [0.717, 1.165) is 12.8 Å². The number of allylic oxidation sites excluding steroid dienone is 1. The number of Topliss-reactive ketones (excluding diaryl/α,β-unsaturated/α-hetero) is 1. The molecule has 4 heteroatoms. The van der Waals surface area contributed by atoms with Crippen LogP contribution >= 0.6 is 0 Å². The SMILES string of the molecule is CC1/C=C/[C@H]2[C@H]3OC(C)(C)O[C@H]3O[C@@H]2CCC(=O)CC1. The first-order valence-electron chi connectivity index (χ1n) is 7.66. The molecule has 1 aliphatic carbocycles. The summed E-state index contributed by atoms with van der Waals surface area (Å²) in [7, 11) is 0. The lowest BCUT2D eigenvalue weighted by atomic mass is 9.89. The van der Waals surface area contributed by atoms with Gasteiger partial charge in [-0.15, -0.1) is 0 Å². The van der Waals surface area contributed by atoms with Gasteiger partial charge >= 0.3 is 0 Å². The molecule has 2 fully saturated rings. The van der Waals surface area contributed by atoms with E-state index in [1.54, 1.807) is 0 Å². The summed E-state index contributed by atoms with van der Waals surface area (Å²) in [4.78, 5) is 11.8. The lowest BCUT2D eigenvalue weighted by molar-refractivity contribution is -0.208. The molecule has 0 aromatic rings. The molecule has 0 aromatic carbocycles. The van der Waals surface area contributed by atoms with Gasteiger partial charge in [-0.2, -0.15) is 0 Å². The van der Waals surface area contributed by atoms with Crippen molar-refractivity contribution in [2.75, 3.05) is 0 Å². The van der Waals surface area contributed by atoms with Crippen molar-refractivity contribution in [3.05, 3.63) is 12.2 Å². The average Bonchev–Trinajstić information content (AvgIpc) is 2.82. The van der Waals surface area contributed by atoms with Crippen LogP contribution in [-0.2, 0) is 19.0 Å². The van der Waals surface area contributed by atoms with Crippen molar-refractivity contribution in [2.45, 2.75) is 70.7 Å². The number of carbonyl (C=O) groups excluding carboxylic acids is 1. The molecule has 112 valence electrons. The molecule has 0 spiro atoms. The Hall–Kier alpha value is -0.710. The van der Waals surface area contributed by atoms with Gasteiger partial charge in [0.15, 0.2) is 12.1 Å².